The van der Waals surface area contributed by atoms with Crippen LogP contribution in [0.5, 0.6) is 0 Å². The quantitative estimate of drug-likeness (QED) is 0.856. The van der Waals surface area contributed by atoms with Gasteiger partial charge in [0.05, 0.1) is 5.56 Å². The van der Waals surface area contributed by atoms with E-state index in [0.29, 0.717) is 18.7 Å². The molecule has 2 aromatic rings. The third kappa shape index (κ3) is 3.73. The molecule has 1 aliphatic heterocycles. The molecular weight excluding hydrogens is 299 g/mol. The molecular formula is C16H19FN4O2. The molecule has 7 heteroatoms. The number of carbonyl (C=O) groups is 1. The maximum absolute atomic E-state index is 13.7. The van der Waals surface area contributed by atoms with Gasteiger partial charge in [0.2, 0.25) is 11.8 Å². The fourth-order valence-electron chi connectivity index (χ4n) is 2.53. The van der Waals surface area contributed by atoms with Crippen LogP contribution in [0.15, 0.2) is 28.7 Å². The second kappa shape index (κ2) is 6.87. The van der Waals surface area contributed by atoms with Crippen LogP contribution in [-0.4, -0.2) is 59.1 Å². The molecule has 122 valence electrons. The molecule has 3 rings (SSSR count). The van der Waals surface area contributed by atoms with E-state index in [0.717, 1.165) is 26.2 Å². The number of amides is 1. The molecule has 0 unspecified atom stereocenters. The SMILES string of the molecule is CN1CCN(C(=O)CCc2nnc(-c3ccccc3F)o2)CC1. The number of rotatable bonds is 4. The van der Waals surface area contributed by atoms with E-state index in [2.05, 4.69) is 15.1 Å². The topological polar surface area (TPSA) is 62.5 Å². The van der Waals surface area contributed by atoms with Crippen LogP contribution >= 0.6 is 0 Å². The lowest BCUT2D eigenvalue weighted by molar-refractivity contribution is -0.132. The van der Waals surface area contributed by atoms with E-state index in [1.54, 1.807) is 18.2 Å². The summed E-state index contributed by atoms with van der Waals surface area (Å²) in [6.45, 7) is 3.28. The summed E-state index contributed by atoms with van der Waals surface area (Å²) >= 11 is 0. The minimum absolute atomic E-state index is 0.0868. The van der Waals surface area contributed by atoms with E-state index in [-0.39, 0.29) is 17.4 Å². The molecule has 1 amide bonds. The second-order valence-electron chi connectivity index (χ2n) is 5.66. The van der Waals surface area contributed by atoms with Gasteiger partial charge < -0.3 is 14.2 Å². The molecule has 23 heavy (non-hydrogen) atoms. The molecule has 0 aliphatic carbocycles. The third-order valence-electron chi connectivity index (χ3n) is 3.98. The fraction of sp³-hybridized carbons (Fsp3) is 0.438. The molecule has 0 spiro atoms. The highest BCUT2D eigenvalue weighted by Gasteiger charge is 2.20. The third-order valence-corrected chi connectivity index (χ3v) is 3.98. The first kappa shape index (κ1) is 15.6. The molecule has 6 nitrogen and oxygen atoms in total. The number of halogens is 1. The van der Waals surface area contributed by atoms with E-state index < -0.39 is 5.82 Å². The number of hydrogen-bond donors (Lipinski definition) is 0. The van der Waals surface area contributed by atoms with Gasteiger partial charge in [-0.15, -0.1) is 10.2 Å². The summed E-state index contributed by atoms with van der Waals surface area (Å²) in [5.74, 6) is 0.177. The molecule has 0 bridgehead atoms. The number of piperazine rings is 1. The molecule has 0 radical (unpaired) electrons. The van der Waals surface area contributed by atoms with Crippen molar-refractivity contribution in [2.24, 2.45) is 0 Å². The smallest absolute Gasteiger partial charge is 0.250 e. The van der Waals surface area contributed by atoms with Crippen molar-refractivity contribution < 1.29 is 13.6 Å². The molecule has 0 N–H and O–H groups in total. The van der Waals surface area contributed by atoms with Gasteiger partial charge in [-0.2, -0.15) is 0 Å². The number of likely N-dealkylation sites (N-methyl/N-ethyl adjacent to an activating group) is 1. The summed E-state index contributed by atoms with van der Waals surface area (Å²) in [5, 5.41) is 7.76. The Hall–Kier alpha value is -2.28. The lowest BCUT2D eigenvalue weighted by atomic mass is 10.2. The Morgan fingerprint density at radius 3 is 2.70 bits per heavy atom. The largest absolute Gasteiger partial charge is 0.421 e. The van der Waals surface area contributed by atoms with E-state index >= 15 is 0 Å². The predicted octanol–water partition coefficient (Wildman–Crippen LogP) is 1.58. The van der Waals surface area contributed by atoms with E-state index in [1.807, 2.05) is 11.9 Å². The van der Waals surface area contributed by atoms with Crippen molar-refractivity contribution in [1.82, 2.24) is 20.0 Å². The predicted molar refractivity (Wildman–Crippen MR) is 82.1 cm³/mol. The van der Waals surface area contributed by atoms with Crippen LogP contribution in [0.2, 0.25) is 0 Å². The highest BCUT2D eigenvalue weighted by atomic mass is 19.1. The van der Waals surface area contributed by atoms with Gasteiger partial charge in [0.1, 0.15) is 5.82 Å². The normalized spacial score (nSPS) is 15.8. The number of benzene rings is 1. The summed E-state index contributed by atoms with van der Waals surface area (Å²) in [6.07, 6.45) is 0.690. The van der Waals surface area contributed by atoms with Crippen LogP contribution in [0.25, 0.3) is 11.5 Å². The maximum atomic E-state index is 13.7. The maximum Gasteiger partial charge on any atom is 0.250 e. The highest BCUT2D eigenvalue weighted by Crippen LogP contribution is 2.21. The molecule has 1 fully saturated rings. The first-order chi connectivity index (χ1) is 11.1. The van der Waals surface area contributed by atoms with Gasteiger partial charge in [0.15, 0.2) is 0 Å². The number of nitrogens with zero attached hydrogens (tertiary/aromatic N) is 4. The second-order valence-corrected chi connectivity index (χ2v) is 5.66. The van der Waals surface area contributed by atoms with Crippen LogP contribution in [-0.2, 0) is 11.2 Å². The summed E-state index contributed by atoms with van der Waals surface area (Å²) in [4.78, 5) is 16.2. The van der Waals surface area contributed by atoms with Crippen molar-refractivity contribution >= 4 is 5.91 Å². The zero-order valence-electron chi connectivity index (χ0n) is 13.0. The van der Waals surface area contributed by atoms with Crippen molar-refractivity contribution in [3.8, 4) is 11.5 Å². The van der Waals surface area contributed by atoms with Crippen molar-refractivity contribution in [3.63, 3.8) is 0 Å². The average Bonchev–Trinajstić information content (AvgIpc) is 3.02. The number of aromatic nitrogens is 2. The Bertz CT molecular complexity index is 680. The minimum Gasteiger partial charge on any atom is -0.421 e. The zero-order chi connectivity index (χ0) is 16.2. The van der Waals surface area contributed by atoms with Crippen LogP contribution in [0.3, 0.4) is 0 Å². The van der Waals surface area contributed by atoms with Crippen LogP contribution < -0.4 is 0 Å². The number of carbonyl (C=O) groups excluding carboxylic acids is 1. The number of hydrogen-bond acceptors (Lipinski definition) is 5. The van der Waals surface area contributed by atoms with E-state index in [1.165, 1.54) is 6.07 Å². The monoisotopic (exact) mass is 318 g/mol. The van der Waals surface area contributed by atoms with Gasteiger partial charge in [0.25, 0.3) is 5.89 Å². The summed E-state index contributed by atoms with van der Waals surface area (Å²) in [6, 6.07) is 6.24. The van der Waals surface area contributed by atoms with Crippen molar-refractivity contribution in [3.05, 3.63) is 36.0 Å². The molecule has 1 aliphatic rings. The van der Waals surface area contributed by atoms with Gasteiger partial charge >= 0.3 is 0 Å². The standard InChI is InChI=1S/C16H19FN4O2/c1-20-8-10-21(11-9-20)15(22)7-6-14-18-19-16(23-14)12-4-2-3-5-13(12)17/h2-5H,6-11H2,1H3. The molecule has 1 aromatic heterocycles. The van der Waals surface area contributed by atoms with Crippen LogP contribution in [0.1, 0.15) is 12.3 Å². The highest BCUT2D eigenvalue weighted by molar-refractivity contribution is 5.76. The average molecular weight is 318 g/mol. The Morgan fingerprint density at radius 2 is 1.96 bits per heavy atom. The Morgan fingerprint density at radius 1 is 1.22 bits per heavy atom. The van der Waals surface area contributed by atoms with Gasteiger partial charge in [0, 0.05) is 39.0 Å². The van der Waals surface area contributed by atoms with Crippen molar-refractivity contribution in [1.29, 1.82) is 0 Å². The van der Waals surface area contributed by atoms with Gasteiger partial charge in [-0.05, 0) is 19.2 Å². The first-order valence-corrected chi connectivity index (χ1v) is 7.67. The van der Waals surface area contributed by atoms with Crippen molar-refractivity contribution in [2.75, 3.05) is 33.2 Å². The minimum atomic E-state index is -0.406. The Balaban J connectivity index is 1.57. The molecule has 0 saturated carbocycles. The lowest BCUT2D eigenvalue weighted by Gasteiger charge is -2.32. The Kier molecular flexibility index (Phi) is 4.66. The summed E-state index contributed by atoms with van der Waals surface area (Å²) in [5.41, 5.74) is 0.275. The first-order valence-electron chi connectivity index (χ1n) is 7.67. The zero-order valence-corrected chi connectivity index (χ0v) is 13.0. The van der Waals surface area contributed by atoms with Crippen molar-refractivity contribution in [2.45, 2.75) is 12.8 Å². The lowest BCUT2D eigenvalue weighted by Crippen LogP contribution is -2.47. The van der Waals surface area contributed by atoms with E-state index in [9.17, 15) is 9.18 Å². The molecule has 1 aromatic carbocycles. The summed E-state index contributed by atoms with van der Waals surface area (Å²) in [7, 11) is 2.05. The van der Waals surface area contributed by atoms with Gasteiger partial charge in [-0.25, -0.2) is 4.39 Å². The number of aryl methyl sites for hydroxylation is 1. The van der Waals surface area contributed by atoms with Gasteiger partial charge in [-0.1, -0.05) is 12.1 Å². The van der Waals surface area contributed by atoms with Crippen LogP contribution in [0, 0.1) is 5.82 Å². The van der Waals surface area contributed by atoms with Gasteiger partial charge in [-0.3, -0.25) is 4.79 Å². The summed E-state index contributed by atoms with van der Waals surface area (Å²) < 4.78 is 19.1. The fourth-order valence-corrected chi connectivity index (χ4v) is 2.53. The molecule has 0 atom stereocenters. The molecule has 2 heterocycles. The van der Waals surface area contributed by atoms with Crippen LogP contribution in [0.4, 0.5) is 4.39 Å². The molecule has 1 saturated heterocycles. The Labute approximate surface area is 133 Å². The van der Waals surface area contributed by atoms with E-state index in [4.69, 9.17) is 4.42 Å².